The van der Waals surface area contributed by atoms with Gasteiger partial charge in [-0.15, -0.1) is 0 Å². The minimum absolute atomic E-state index is 0.00461. The number of hydrogen-bond acceptors (Lipinski definition) is 19. The van der Waals surface area contributed by atoms with Crippen LogP contribution in [0.5, 0.6) is 23.0 Å². The van der Waals surface area contributed by atoms with E-state index in [0.29, 0.717) is 19.5 Å². The number of amides is 8. The summed E-state index contributed by atoms with van der Waals surface area (Å²) in [6.07, 6.45) is 0.407. The molecule has 0 unspecified atom stereocenters. The molecule has 12 N–H and O–H groups in total. The molecular formula is C57H76N10O17. The molecule has 84 heavy (non-hydrogen) atoms. The Bertz CT molecular complexity index is 2800. The topological polar surface area (TPSA) is 374 Å². The number of phenolic OH excluding ortho intramolecular Hbond substituents is 4. The van der Waals surface area contributed by atoms with Crippen molar-refractivity contribution in [2.45, 2.75) is 13.3 Å². The smallest absolute Gasteiger partial charge is 0.255 e. The quantitative estimate of drug-likeness (QED) is 0.0263. The maximum Gasteiger partial charge on any atom is 0.255 e. The molecule has 0 saturated carbocycles. The van der Waals surface area contributed by atoms with Crippen LogP contribution in [0.1, 0.15) is 96.2 Å². The van der Waals surface area contributed by atoms with Gasteiger partial charge in [0.1, 0.15) is 29.6 Å². The largest absolute Gasteiger partial charge is 0.506 e. The van der Waals surface area contributed by atoms with Crippen LogP contribution < -0.4 is 42.5 Å². The Morgan fingerprint density at radius 1 is 0.345 bits per heavy atom. The number of carbonyl (C=O) groups is 9. The summed E-state index contributed by atoms with van der Waals surface area (Å²) in [4.78, 5) is 120. The molecule has 4 aromatic rings. The number of benzene rings is 4. The zero-order chi connectivity index (χ0) is 61.4. The fraction of sp³-hybridized carbons (Fsp3) is 0.421. The lowest BCUT2D eigenvalue weighted by atomic mass is 10.1. The van der Waals surface area contributed by atoms with Crippen LogP contribution >= 0.6 is 0 Å². The molecule has 0 aliphatic rings. The van der Waals surface area contributed by atoms with Gasteiger partial charge in [0.05, 0.1) is 70.9 Å². The van der Waals surface area contributed by atoms with E-state index in [2.05, 4.69) is 42.5 Å². The predicted octanol–water partition coefficient (Wildman–Crippen LogP) is -0.0131. The van der Waals surface area contributed by atoms with Crippen LogP contribution in [0, 0.1) is 0 Å². The number of hydrogen-bond donors (Lipinski definition) is 12. The molecule has 4 aromatic carbocycles. The number of aromatic hydroxyl groups is 4. The summed E-state index contributed by atoms with van der Waals surface area (Å²) in [5, 5.41) is 65.3. The molecule has 456 valence electrons. The van der Waals surface area contributed by atoms with Gasteiger partial charge in [-0.2, -0.15) is 0 Å². The highest BCUT2D eigenvalue weighted by atomic mass is 16.5. The lowest BCUT2D eigenvalue weighted by Crippen LogP contribution is -2.42. The van der Waals surface area contributed by atoms with E-state index in [0.717, 1.165) is 0 Å². The van der Waals surface area contributed by atoms with Crippen molar-refractivity contribution in [2.24, 2.45) is 0 Å². The van der Waals surface area contributed by atoms with Gasteiger partial charge in [0, 0.05) is 99.9 Å². The number of methoxy groups -OCH3 is 3. The van der Waals surface area contributed by atoms with Crippen molar-refractivity contribution in [1.82, 2.24) is 52.3 Å². The van der Waals surface area contributed by atoms with Crippen molar-refractivity contribution in [3.05, 3.63) is 117 Å². The van der Waals surface area contributed by atoms with Crippen LogP contribution in [0.15, 0.2) is 72.8 Å². The van der Waals surface area contributed by atoms with Crippen LogP contribution in [0.2, 0.25) is 0 Å². The first-order chi connectivity index (χ1) is 40.4. The summed E-state index contributed by atoms with van der Waals surface area (Å²) < 4.78 is 20.1. The van der Waals surface area contributed by atoms with Crippen molar-refractivity contribution >= 4 is 53.0 Å². The molecule has 0 aromatic heterocycles. The van der Waals surface area contributed by atoms with Crippen molar-refractivity contribution in [3.8, 4) is 23.0 Å². The van der Waals surface area contributed by atoms with Gasteiger partial charge in [-0.25, -0.2) is 0 Å². The van der Waals surface area contributed by atoms with Crippen molar-refractivity contribution in [1.29, 1.82) is 0 Å². The van der Waals surface area contributed by atoms with Crippen LogP contribution in [0.3, 0.4) is 0 Å². The molecule has 8 amide bonds. The van der Waals surface area contributed by atoms with Gasteiger partial charge in [0.25, 0.3) is 47.3 Å². The Hall–Kier alpha value is -8.73. The van der Waals surface area contributed by atoms with Crippen LogP contribution in [-0.4, -0.2) is 229 Å². The van der Waals surface area contributed by atoms with Crippen LogP contribution in [-0.2, 0) is 23.7 Å². The lowest BCUT2D eigenvalue weighted by molar-refractivity contribution is -0.121. The summed E-state index contributed by atoms with van der Waals surface area (Å²) >= 11 is 0. The van der Waals surface area contributed by atoms with Crippen molar-refractivity contribution < 1.29 is 82.5 Å². The SMILES string of the molecule is COCCNC(=O)c1cccc(C(=O)NCCN(CCCN(CCNC(=O)c2cccc(C(=O)NCCOC)c2O)CCNC(=O)c2cccc(C(=O)NCCOCC(C)=O)c2O)CCNC(=O)c2cccc(C(=O)NCCOC)c2O)c1O. The molecule has 0 saturated heterocycles. The zero-order valence-electron chi connectivity index (χ0n) is 47.6. The number of nitrogens with zero attached hydrogens (tertiary/aromatic N) is 2. The molecule has 0 fully saturated rings. The average molecular weight is 1170 g/mol. The number of ketones is 1. The molecule has 27 nitrogen and oxygen atoms in total. The highest BCUT2D eigenvalue weighted by Crippen LogP contribution is 2.26. The molecule has 4 rings (SSSR count). The second-order valence-electron chi connectivity index (χ2n) is 18.6. The number of para-hydroxylation sites is 4. The highest BCUT2D eigenvalue weighted by Gasteiger charge is 2.23. The Kier molecular flexibility index (Phi) is 29.6. The third-order valence-electron chi connectivity index (χ3n) is 12.5. The van der Waals surface area contributed by atoms with Crippen LogP contribution in [0.25, 0.3) is 0 Å². The second-order valence-corrected chi connectivity index (χ2v) is 18.6. The van der Waals surface area contributed by atoms with Gasteiger partial charge < -0.3 is 81.9 Å². The van der Waals surface area contributed by atoms with Crippen molar-refractivity contribution in [2.75, 3.05) is 146 Å². The number of ether oxygens (including phenoxy) is 4. The maximum absolute atomic E-state index is 13.5. The van der Waals surface area contributed by atoms with Gasteiger partial charge in [0.2, 0.25) is 0 Å². The highest BCUT2D eigenvalue weighted by molar-refractivity contribution is 6.06. The minimum Gasteiger partial charge on any atom is -0.506 e. The number of phenols is 4. The van der Waals surface area contributed by atoms with E-state index in [1.807, 2.05) is 9.80 Å². The molecule has 0 radical (unpaired) electrons. The standard InChI is InChI=1S/C57H76N10O17/c1-37(68)36-84-35-25-65-57(80)45-17-8-13-41(49(45)72)53(76)61-21-31-67(30-20-60-52(75)40-12-7-16-44(48(40)71)56(79)64-24-34-83-4)27-9-26-66(28-18-58-50(73)38-10-5-14-42(46(38)69)54(77)62-22-32-81-2)29-19-59-51(74)39-11-6-15-43(47(39)70)55(78)63-23-33-82-3/h5-8,10-17,69-72H,9,18-36H2,1-4H3,(H,58,73)(H,59,74)(H,60,75)(H,61,76)(H,62,77)(H,63,78)(H,64,79)(H,65,80). The molecule has 0 aliphatic heterocycles. The van der Waals surface area contributed by atoms with E-state index in [9.17, 15) is 63.6 Å². The normalized spacial score (nSPS) is 10.9. The molecule has 0 atom stereocenters. The summed E-state index contributed by atoms with van der Waals surface area (Å²) in [6, 6.07) is 16.6. The first-order valence-electron chi connectivity index (χ1n) is 27.0. The summed E-state index contributed by atoms with van der Waals surface area (Å²) in [5.74, 6) is -7.59. The number of rotatable bonds is 38. The van der Waals surface area contributed by atoms with Gasteiger partial charge in [-0.05, 0) is 75.0 Å². The van der Waals surface area contributed by atoms with Gasteiger partial charge in [-0.1, -0.05) is 24.3 Å². The third kappa shape index (κ3) is 21.9. The molecule has 0 heterocycles. The van der Waals surface area contributed by atoms with Crippen molar-refractivity contribution in [3.63, 3.8) is 0 Å². The van der Waals surface area contributed by atoms with E-state index in [-0.39, 0.29) is 162 Å². The molecular weight excluding hydrogens is 1100 g/mol. The van der Waals surface area contributed by atoms with Crippen LogP contribution in [0.4, 0.5) is 0 Å². The van der Waals surface area contributed by atoms with E-state index in [4.69, 9.17) is 18.9 Å². The van der Waals surface area contributed by atoms with Gasteiger partial charge >= 0.3 is 0 Å². The lowest BCUT2D eigenvalue weighted by Gasteiger charge is -2.26. The van der Waals surface area contributed by atoms with E-state index < -0.39 is 70.3 Å². The second kappa shape index (κ2) is 36.7. The molecule has 0 aliphatic carbocycles. The fourth-order valence-electron chi connectivity index (χ4n) is 8.15. The monoisotopic (exact) mass is 1170 g/mol. The Morgan fingerprint density at radius 3 is 0.774 bits per heavy atom. The summed E-state index contributed by atoms with van der Waals surface area (Å²) in [6.45, 7) is 3.91. The number of Topliss-reactive ketones (excluding diaryl/α,β-unsaturated/α-hetero) is 1. The minimum atomic E-state index is -0.701. The first kappa shape index (κ1) is 67.8. The third-order valence-corrected chi connectivity index (χ3v) is 12.5. The zero-order valence-corrected chi connectivity index (χ0v) is 47.6. The maximum atomic E-state index is 13.5. The summed E-state index contributed by atoms with van der Waals surface area (Å²) in [7, 11) is 4.40. The Morgan fingerprint density at radius 2 is 0.560 bits per heavy atom. The Balaban J connectivity index is 1.51. The molecule has 0 spiro atoms. The fourth-order valence-corrected chi connectivity index (χ4v) is 8.15. The predicted molar refractivity (Wildman–Crippen MR) is 306 cm³/mol. The molecule has 27 heteroatoms. The van der Waals surface area contributed by atoms with Gasteiger partial charge in [0.15, 0.2) is 5.78 Å². The first-order valence-corrected chi connectivity index (χ1v) is 27.0. The summed E-state index contributed by atoms with van der Waals surface area (Å²) in [5.41, 5.74) is -1.17. The number of nitrogens with one attached hydrogen (secondary N) is 8. The van der Waals surface area contributed by atoms with E-state index in [1.54, 1.807) is 0 Å². The Labute approximate surface area is 486 Å². The average Bonchev–Trinajstić information content (AvgIpc) is 3.49. The van der Waals surface area contributed by atoms with E-state index in [1.165, 1.54) is 101 Å². The van der Waals surface area contributed by atoms with Gasteiger partial charge in [-0.3, -0.25) is 53.0 Å². The van der Waals surface area contributed by atoms with E-state index >= 15 is 0 Å². The molecule has 0 bridgehead atoms. The number of carbonyl (C=O) groups excluding carboxylic acids is 9.